The maximum Gasteiger partial charge on any atom is 0.129 e. The second-order valence-electron chi connectivity index (χ2n) is 4.71. The van der Waals surface area contributed by atoms with Gasteiger partial charge in [0.2, 0.25) is 0 Å². The number of anilines is 1. The minimum atomic E-state index is -0.105. The molecule has 1 aliphatic rings. The first kappa shape index (κ1) is 12.9. The topological polar surface area (TPSA) is 3.24 Å². The molecule has 3 heteroatoms. The highest BCUT2D eigenvalue weighted by molar-refractivity contribution is 9.08. The second kappa shape index (κ2) is 5.85. The minimum absolute atomic E-state index is 0.105. The summed E-state index contributed by atoms with van der Waals surface area (Å²) in [5, 5.41) is 0.580. The molecule has 0 radical (unpaired) electrons. The molecule has 0 unspecified atom stereocenters. The normalized spacial score (nSPS) is 15.7. The lowest BCUT2D eigenvalue weighted by molar-refractivity contribution is 0.318. The zero-order valence-corrected chi connectivity index (χ0v) is 11.8. The fourth-order valence-electron chi connectivity index (χ4n) is 2.36. The third-order valence-corrected chi connectivity index (χ3v) is 4.21. The molecule has 0 bridgehead atoms. The van der Waals surface area contributed by atoms with E-state index in [2.05, 4.69) is 27.8 Å². The largest absolute Gasteiger partial charge is 0.371 e. The summed E-state index contributed by atoms with van der Waals surface area (Å²) in [5.74, 6) is 0.702. The number of hydrogen-bond donors (Lipinski definition) is 0. The molecular formula is C14H19BrFN. The van der Waals surface area contributed by atoms with Crippen molar-refractivity contribution in [1.82, 2.24) is 0 Å². The van der Waals surface area contributed by atoms with E-state index in [1.165, 1.54) is 25.3 Å². The van der Waals surface area contributed by atoms with Crippen molar-refractivity contribution >= 4 is 21.6 Å². The molecule has 1 aromatic rings. The Kier molecular flexibility index (Phi) is 4.43. The van der Waals surface area contributed by atoms with Gasteiger partial charge in [-0.2, -0.15) is 0 Å². The van der Waals surface area contributed by atoms with Crippen LogP contribution in [-0.4, -0.2) is 13.1 Å². The summed E-state index contributed by atoms with van der Waals surface area (Å²) in [5.41, 5.74) is 1.84. The molecule has 0 aromatic heterocycles. The van der Waals surface area contributed by atoms with Crippen molar-refractivity contribution in [3.63, 3.8) is 0 Å². The van der Waals surface area contributed by atoms with Crippen LogP contribution in [0, 0.1) is 11.7 Å². The van der Waals surface area contributed by atoms with Gasteiger partial charge < -0.3 is 4.90 Å². The van der Waals surface area contributed by atoms with Crippen LogP contribution in [0.5, 0.6) is 0 Å². The fraction of sp³-hybridized carbons (Fsp3) is 0.571. The molecule has 1 aromatic carbocycles. The highest BCUT2D eigenvalue weighted by atomic mass is 79.9. The number of hydrogen-bond acceptors (Lipinski definition) is 1. The molecule has 0 spiro atoms. The van der Waals surface area contributed by atoms with Crippen LogP contribution in [0.15, 0.2) is 18.2 Å². The van der Waals surface area contributed by atoms with Crippen molar-refractivity contribution in [3.05, 3.63) is 29.6 Å². The van der Waals surface area contributed by atoms with Gasteiger partial charge >= 0.3 is 0 Å². The van der Waals surface area contributed by atoms with Gasteiger partial charge in [-0.3, -0.25) is 0 Å². The van der Waals surface area contributed by atoms with Crippen molar-refractivity contribution < 1.29 is 4.39 Å². The average Bonchev–Trinajstić information content (AvgIpc) is 2.28. The molecule has 0 aliphatic heterocycles. The Balaban J connectivity index is 2.19. The number of rotatable bonds is 5. The van der Waals surface area contributed by atoms with Gasteiger partial charge in [-0.25, -0.2) is 4.39 Å². The van der Waals surface area contributed by atoms with Crippen molar-refractivity contribution in [2.75, 3.05) is 18.0 Å². The van der Waals surface area contributed by atoms with Crippen LogP contribution in [0.1, 0.15) is 31.7 Å². The highest BCUT2D eigenvalue weighted by Crippen LogP contribution is 2.31. The summed E-state index contributed by atoms with van der Waals surface area (Å²) in [6.07, 6.45) is 4.02. The third-order valence-electron chi connectivity index (χ3n) is 3.65. The predicted molar refractivity (Wildman–Crippen MR) is 74.3 cm³/mol. The van der Waals surface area contributed by atoms with Gasteiger partial charge in [0.15, 0.2) is 0 Å². The van der Waals surface area contributed by atoms with Crippen LogP contribution in [0.2, 0.25) is 0 Å². The summed E-state index contributed by atoms with van der Waals surface area (Å²) in [6.45, 7) is 4.15. The minimum Gasteiger partial charge on any atom is -0.371 e. The molecular weight excluding hydrogens is 281 g/mol. The van der Waals surface area contributed by atoms with Crippen LogP contribution in [0.3, 0.4) is 0 Å². The molecule has 1 nitrogen and oxygen atoms in total. The summed E-state index contributed by atoms with van der Waals surface area (Å²) >= 11 is 3.39. The Morgan fingerprint density at radius 1 is 1.41 bits per heavy atom. The van der Waals surface area contributed by atoms with E-state index >= 15 is 0 Å². The Labute approximate surface area is 111 Å². The SMILES string of the molecule is CCN(CC1CCC1)c1cccc(F)c1CBr. The number of alkyl halides is 1. The predicted octanol–water partition coefficient (Wildman–Crippen LogP) is 4.35. The Bertz CT molecular complexity index is 376. The molecule has 0 amide bonds. The monoisotopic (exact) mass is 299 g/mol. The van der Waals surface area contributed by atoms with Gasteiger partial charge in [0.05, 0.1) is 0 Å². The van der Waals surface area contributed by atoms with Gasteiger partial charge in [-0.1, -0.05) is 28.4 Å². The summed E-state index contributed by atoms with van der Waals surface area (Å²) in [6, 6.07) is 5.37. The van der Waals surface area contributed by atoms with E-state index in [4.69, 9.17) is 0 Å². The number of nitrogens with zero attached hydrogens (tertiary/aromatic N) is 1. The van der Waals surface area contributed by atoms with E-state index in [1.54, 1.807) is 6.07 Å². The van der Waals surface area contributed by atoms with Crippen molar-refractivity contribution in [1.29, 1.82) is 0 Å². The van der Waals surface area contributed by atoms with Crippen LogP contribution in [-0.2, 0) is 5.33 Å². The van der Waals surface area contributed by atoms with Crippen LogP contribution >= 0.6 is 15.9 Å². The van der Waals surface area contributed by atoms with E-state index < -0.39 is 0 Å². The average molecular weight is 300 g/mol. The molecule has 0 heterocycles. The quantitative estimate of drug-likeness (QED) is 0.731. The van der Waals surface area contributed by atoms with Gasteiger partial charge in [0.25, 0.3) is 0 Å². The highest BCUT2D eigenvalue weighted by Gasteiger charge is 2.21. The third kappa shape index (κ3) is 2.82. The molecule has 2 rings (SSSR count). The molecule has 0 atom stereocenters. The van der Waals surface area contributed by atoms with Crippen LogP contribution in [0.4, 0.5) is 10.1 Å². The van der Waals surface area contributed by atoms with Gasteiger partial charge in [0.1, 0.15) is 5.82 Å². The lowest BCUT2D eigenvalue weighted by Gasteiger charge is -2.34. The summed E-state index contributed by atoms with van der Waals surface area (Å²) in [4.78, 5) is 2.31. The van der Waals surface area contributed by atoms with E-state index in [0.717, 1.165) is 30.3 Å². The second-order valence-corrected chi connectivity index (χ2v) is 5.27. The van der Waals surface area contributed by atoms with Gasteiger partial charge in [-0.15, -0.1) is 0 Å². The van der Waals surface area contributed by atoms with Gasteiger partial charge in [0, 0.05) is 29.7 Å². The number of halogens is 2. The summed E-state index contributed by atoms with van der Waals surface area (Å²) in [7, 11) is 0. The molecule has 1 saturated carbocycles. The Morgan fingerprint density at radius 2 is 2.18 bits per heavy atom. The standard InChI is InChI=1S/C14H19BrFN/c1-2-17(10-11-5-3-6-11)14-8-4-7-13(16)12(14)9-15/h4,7-8,11H,2-3,5-6,9-10H2,1H3. The first-order valence-corrected chi connectivity index (χ1v) is 7.46. The van der Waals surface area contributed by atoms with Crippen molar-refractivity contribution in [2.45, 2.75) is 31.5 Å². The summed E-state index contributed by atoms with van der Waals surface area (Å²) < 4.78 is 13.7. The van der Waals surface area contributed by atoms with E-state index in [9.17, 15) is 4.39 Å². The molecule has 17 heavy (non-hydrogen) atoms. The van der Waals surface area contributed by atoms with E-state index in [-0.39, 0.29) is 5.82 Å². The Hall–Kier alpha value is -0.570. The lowest BCUT2D eigenvalue weighted by Crippen LogP contribution is -2.33. The molecule has 0 N–H and O–H groups in total. The molecule has 1 aliphatic carbocycles. The molecule has 0 saturated heterocycles. The molecule has 94 valence electrons. The maximum atomic E-state index is 13.7. The van der Waals surface area contributed by atoms with Crippen molar-refractivity contribution in [2.24, 2.45) is 5.92 Å². The smallest absolute Gasteiger partial charge is 0.129 e. The number of benzene rings is 1. The zero-order chi connectivity index (χ0) is 12.3. The fourth-order valence-corrected chi connectivity index (χ4v) is 2.92. The maximum absolute atomic E-state index is 13.7. The first-order valence-electron chi connectivity index (χ1n) is 6.34. The van der Waals surface area contributed by atoms with Crippen molar-refractivity contribution in [3.8, 4) is 0 Å². The lowest BCUT2D eigenvalue weighted by atomic mass is 9.85. The molecule has 1 fully saturated rings. The first-order chi connectivity index (χ1) is 8.26. The van der Waals surface area contributed by atoms with E-state index in [1.807, 2.05) is 6.07 Å². The zero-order valence-electron chi connectivity index (χ0n) is 10.3. The van der Waals surface area contributed by atoms with Crippen LogP contribution < -0.4 is 4.90 Å². The van der Waals surface area contributed by atoms with E-state index in [0.29, 0.717) is 5.33 Å². The van der Waals surface area contributed by atoms with Crippen LogP contribution in [0.25, 0.3) is 0 Å². The van der Waals surface area contributed by atoms with Gasteiger partial charge in [-0.05, 0) is 37.8 Å². The Morgan fingerprint density at radius 3 is 2.71 bits per heavy atom.